The van der Waals surface area contributed by atoms with Gasteiger partial charge in [0.2, 0.25) is 0 Å². The normalized spacial score (nSPS) is 10.6. The number of hydrazone groups is 1. The van der Waals surface area contributed by atoms with Crippen LogP contribution in [-0.2, 0) is 0 Å². The molecule has 2 aromatic carbocycles. The Kier molecular flexibility index (Phi) is 4.51. The summed E-state index contributed by atoms with van der Waals surface area (Å²) in [6.45, 7) is 0. The Morgan fingerprint density at radius 2 is 1.84 bits per heavy atom. The molecule has 0 aromatic heterocycles. The van der Waals surface area contributed by atoms with Crippen LogP contribution in [0.25, 0.3) is 0 Å². The lowest BCUT2D eigenvalue weighted by molar-refractivity contribution is 0.0955. The molecular formula is C14H12IN3O. The van der Waals surface area contributed by atoms with Crippen LogP contribution >= 0.6 is 22.6 Å². The van der Waals surface area contributed by atoms with Crippen LogP contribution in [0.1, 0.15) is 15.9 Å². The van der Waals surface area contributed by atoms with Crippen LogP contribution in [-0.4, -0.2) is 12.1 Å². The van der Waals surface area contributed by atoms with Gasteiger partial charge in [0, 0.05) is 20.4 Å². The molecule has 0 atom stereocenters. The topological polar surface area (TPSA) is 67.5 Å². The fraction of sp³-hybridized carbons (Fsp3) is 0. The third-order valence-electron chi connectivity index (χ3n) is 2.45. The van der Waals surface area contributed by atoms with Gasteiger partial charge in [-0.15, -0.1) is 0 Å². The van der Waals surface area contributed by atoms with Gasteiger partial charge in [-0.05, 0) is 52.9 Å². The second-order valence-electron chi connectivity index (χ2n) is 3.84. The average molecular weight is 365 g/mol. The minimum atomic E-state index is -0.262. The van der Waals surface area contributed by atoms with Crippen LogP contribution in [0.5, 0.6) is 0 Å². The maximum absolute atomic E-state index is 11.8. The summed E-state index contributed by atoms with van der Waals surface area (Å²) in [6.07, 6.45) is 1.62. The smallest absolute Gasteiger partial charge is 0.271 e. The first kappa shape index (κ1) is 13.5. The molecule has 2 rings (SSSR count). The number of rotatable bonds is 3. The highest BCUT2D eigenvalue weighted by molar-refractivity contribution is 14.1. The highest BCUT2D eigenvalue weighted by Crippen LogP contribution is 2.08. The Bertz CT molecular complexity index is 608. The largest absolute Gasteiger partial charge is 0.399 e. The first-order valence-corrected chi connectivity index (χ1v) is 6.68. The summed E-state index contributed by atoms with van der Waals surface area (Å²) in [5, 5.41) is 3.94. The van der Waals surface area contributed by atoms with Crippen LogP contribution in [0.15, 0.2) is 53.6 Å². The van der Waals surface area contributed by atoms with E-state index in [0.29, 0.717) is 11.3 Å². The highest BCUT2D eigenvalue weighted by Gasteiger charge is 2.02. The maximum atomic E-state index is 11.8. The van der Waals surface area contributed by atoms with Gasteiger partial charge in [0.25, 0.3) is 5.91 Å². The third-order valence-corrected chi connectivity index (χ3v) is 3.43. The molecule has 5 heteroatoms. The molecule has 3 N–H and O–H groups in total. The van der Waals surface area contributed by atoms with Gasteiger partial charge in [0.15, 0.2) is 0 Å². The molecule has 19 heavy (non-hydrogen) atoms. The molecule has 96 valence electrons. The monoisotopic (exact) mass is 365 g/mol. The van der Waals surface area contributed by atoms with Crippen LogP contribution in [0.3, 0.4) is 0 Å². The van der Waals surface area contributed by atoms with Crippen LogP contribution < -0.4 is 11.2 Å². The van der Waals surface area contributed by atoms with E-state index in [-0.39, 0.29) is 5.91 Å². The van der Waals surface area contributed by atoms with Gasteiger partial charge in [-0.1, -0.05) is 18.2 Å². The number of carbonyl (C=O) groups excluding carboxylic acids is 1. The standard InChI is InChI=1S/C14H12IN3O/c15-13-4-2-1-3-11(13)9-17-18-14(19)10-5-7-12(16)8-6-10/h1-9H,16H2,(H,18,19)/b17-9-. The van der Waals surface area contributed by atoms with E-state index < -0.39 is 0 Å². The van der Waals surface area contributed by atoms with Crippen molar-refractivity contribution >= 4 is 40.4 Å². The van der Waals surface area contributed by atoms with E-state index >= 15 is 0 Å². The Hall–Kier alpha value is -1.89. The van der Waals surface area contributed by atoms with E-state index in [9.17, 15) is 4.79 Å². The van der Waals surface area contributed by atoms with Crippen molar-refractivity contribution in [3.8, 4) is 0 Å². The molecule has 0 saturated carbocycles. The predicted molar refractivity (Wildman–Crippen MR) is 85.1 cm³/mol. The highest BCUT2D eigenvalue weighted by atomic mass is 127. The number of benzene rings is 2. The fourth-order valence-electron chi connectivity index (χ4n) is 1.44. The number of halogens is 1. The van der Waals surface area contributed by atoms with Gasteiger partial charge in [-0.3, -0.25) is 4.79 Å². The maximum Gasteiger partial charge on any atom is 0.271 e. The molecule has 4 nitrogen and oxygen atoms in total. The van der Waals surface area contributed by atoms with Gasteiger partial charge < -0.3 is 5.73 Å². The Morgan fingerprint density at radius 3 is 2.53 bits per heavy atom. The number of nitrogens with one attached hydrogen (secondary N) is 1. The van der Waals surface area contributed by atoms with Crippen LogP contribution in [0.4, 0.5) is 5.69 Å². The average Bonchev–Trinajstić information content (AvgIpc) is 2.41. The summed E-state index contributed by atoms with van der Waals surface area (Å²) in [7, 11) is 0. The molecule has 0 aliphatic heterocycles. The van der Waals surface area contributed by atoms with E-state index in [1.54, 1.807) is 30.5 Å². The number of nitrogen functional groups attached to an aromatic ring is 1. The lowest BCUT2D eigenvalue weighted by Crippen LogP contribution is -2.17. The summed E-state index contributed by atoms with van der Waals surface area (Å²) in [6, 6.07) is 14.5. The summed E-state index contributed by atoms with van der Waals surface area (Å²) in [5.41, 5.74) is 10.1. The van der Waals surface area contributed by atoms with Gasteiger partial charge in [-0.2, -0.15) is 5.10 Å². The van der Waals surface area contributed by atoms with Gasteiger partial charge in [0.05, 0.1) is 6.21 Å². The quantitative estimate of drug-likeness (QED) is 0.380. The lowest BCUT2D eigenvalue weighted by atomic mass is 10.2. The number of nitrogens with two attached hydrogens (primary N) is 1. The predicted octanol–water partition coefficient (Wildman–Crippen LogP) is 2.64. The molecule has 0 aliphatic rings. The lowest BCUT2D eigenvalue weighted by Gasteiger charge is -2.00. The number of carbonyl (C=O) groups is 1. The number of nitrogens with zero attached hydrogens (tertiary/aromatic N) is 1. The van der Waals surface area contributed by atoms with E-state index in [4.69, 9.17) is 5.73 Å². The van der Waals surface area contributed by atoms with Crippen molar-refractivity contribution in [1.29, 1.82) is 0 Å². The van der Waals surface area contributed by atoms with Crippen molar-refractivity contribution in [3.63, 3.8) is 0 Å². The van der Waals surface area contributed by atoms with Crippen LogP contribution in [0, 0.1) is 3.57 Å². The van der Waals surface area contributed by atoms with Crippen molar-refractivity contribution in [2.45, 2.75) is 0 Å². The van der Waals surface area contributed by atoms with E-state index in [0.717, 1.165) is 9.13 Å². The zero-order valence-electron chi connectivity index (χ0n) is 10.0. The number of anilines is 1. The van der Waals surface area contributed by atoms with Gasteiger partial charge >= 0.3 is 0 Å². The van der Waals surface area contributed by atoms with E-state index in [2.05, 4.69) is 33.1 Å². The van der Waals surface area contributed by atoms with E-state index in [1.165, 1.54) is 0 Å². The molecule has 0 aliphatic carbocycles. The summed E-state index contributed by atoms with van der Waals surface area (Å²) in [5.74, 6) is -0.262. The van der Waals surface area contributed by atoms with Crippen molar-refractivity contribution in [3.05, 3.63) is 63.2 Å². The van der Waals surface area contributed by atoms with Crippen LogP contribution in [0.2, 0.25) is 0 Å². The minimum Gasteiger partial charge on any atom is -0.399 e. The Labute approximate surface area is 124 Å². The fourth-order valence-corrected chi connectivity index (χ4v) is 1.97. The zero-order chi connectivity index (χ0) is 13.7. The number of amides is 1. The molecule has 2 aromatic rings. The van der Waals surface area contributed by atoms with Crippen molar-refractivity contribution < 1.29 is 4.79 Å². The Balaban J connectivity index is 2.01. The molecule has 0 spiro atoms. The van der Waals surface area contributed by atoms with Crippen molar-refractivity contribution in [2.75, 3.05) is 5.73 Å². The molecule has 0 radical (unpaired) electrons. The second-order valence-corrected chi connectivity index (χ2v) is 5.00. The first-order valence-electron chi connectivity index (χ1n) is 5.60. The molecule has 0 fully saturated rings. The Morgan fingerprint density at radius 1 is 1.16 bits per heavy atom. The molecule has 0 bridgehead atoms. The van der Waals surface area contributed by atoms with Gasteiger partial charge in [0.1, 0.15) is 0 Å². The number of hydrogen-bond donors (Lipinski definition) is 2. The SMILES string of the molecule is Nc1ccc(C(=O)N/N=C\c2ccccc2I)cc1. The summed E-state index contributed by atoms with van der Waals surface area (Å²) >= 11 is 2.21. The summed E-state index contributed by atoms with van der Waals surface area (Å²) < 4.78 is 1.07. The van der Waals surface area contributed by atoms with Crippen molar-refractivity contribution in [2.24, 2.45) is 5.10 Å². The molecule has 0 saturated heterocycles. The molecule has 0 heterocycles. The summed E-state index contributed by atoms with van der Waals surface area (Å²) in [4.78, 5) is 11.8. The zero-order valence-corrected chi connectivity index (χ0v) is 12.2. The minimum absolute atomic E-state index is 0.262. The number of hydrogen-bond acceptors (Lipinski definition) is 3. The molecule has 1 amide bonds. The second kappa shape index (κ2) is 6.33. The van der Waals surface area contributed by atoms with Gasteiger partial charge in [-0.25, -0.2) is 5.43 Å². The van der Waals surface area contributed by atoms with Crippen molar-refractivity contribution in [1.82, 2.24) is 5.43 Å². The molecule has 0 unspecified atom stereocenters. The third kappa shape index (κ3) is 3.78. The molecular weight excluding hydrogens is 353 g/mol. The van der Waals surface area contributed by atoms with E-state index in [1.807, 2.05) is 24.3 Å². The first-order chi connectivity index (χ1) is 9.16.